The molecule has 27 heavy (non-hydrogen) atoms. The maximum Gasteiger partial charge on any atom is 0.0896 e. The molecule has 2 saturated carbocycles. The Kier molecular flexibility index (Phi) is 10.6. The highest BCUT2D eigenvalue weighted by molar-refractivity contribution is 5.09. The summed E-state index contributed by atoms with van der Waals surface area (Å²) >= 11 is 0. The summed E-state index contributed by atoms with van der Waals surface area (Å²) in [5.41, 5.74) is 3.18. The summed E-state index contributed by atoms with van der Waals surface area (Å²) in [5, 5.41) is 0. The molecule has 0 spiro atoms. The molecule has 1 heteroatoms. The van der Waals surface area contributed by atoms with Crippen molar-refractivity contribution in [3.8, 4) is 0 Å². The fraction of sp³-hybridized carbons (Fsp3) is 0.846. The Labute approximate surface area is 170 Å². The van der Waals surface area contributed by atoms with Gasteiger partial charge in [0.25, 0.3) is 0 Å². The lowest BCUT2D eigenvalue weighted by Crippen LogP contribution is -2.11. The summed E-state index contributed by atoms with van der Waals surface area (Å²) in [4.78, 5) is 0. The Morgan fingerprint density at radius 1 is 0.667 bits per heavy atom. The van der Waals surface area contributed by atoms with Gasteiger partial charge in [-0.3, -0.25) is 0 Å². The SMILES string of the molecule is CC(C)CCC(=COC=C(CCC(C)C)C1CCCCC1)C1CCCCC1. The lowest BCUT2D eigenvalue weighted by Gasteiger charge is -2.26. The lowest BCUT2D eigenvalue weighted by molar-refractivity contribution is 0.331. The molecule has 0 radical (unpaired) electrons. The van der Waals surface area contributed by atoms with Crippen LogP contribution in [0, 0.1) is 23.7 Å². The average Bonchev–Trinajstić information content (AvgIpc) is 2.68. The van der Waals surface area contributed by atoms with E-state index < -0.39 is 0 Å². The van der Waals surface area contributed by atoms with Crippen molar-refractivity contribution in [2.75, 3.05) is 0 Å². The van der Waals surface area contributed by atoms with Gasteiger partial charge in [0.2, 0.25) is 0 Å². The maximum atomic E-state index is 6.20. The first-order valence-corrected chi connectivity index (χ1v) is 12.1. The number of rotatable bonds is 10. The van der Waals surface area contributed by atoms with Gasteiger partial charge in [0, 0.05) is 0 Å². The topological polar surface area (TPSA) is 9.23 Å². The van der Waals surface area contributed by atoms with Gasteiger partial charge in [-0.25, -0.2) is 0 Å². The highest BCUT2D eigenvalue weighted by atomic mass is 16.5. The smallest absolute Gasteiger partial charge is 0.0896 e. The van der Waals surface area contributed by atoms with Gasteiger partial charge in [-0.05, 0) is 86.2 Å². The van der Waals surface area contributed by atoms with Crippen LogP contribution in [0.5, 0.6) is 0 Å². The third kappa shape index (κ3) is 8.88. The Morgan fingerprint density at radius 2 is 1.04 bits per heavy atom. The first kappa shape index (κ1) is 22.6. The minimum atomic E-state index is 0.774. The van der Waals surface area contributed by atoms with Crippen LogP contribution in [0.15, 0.2) is 23.7 Å². The second-order valence-corrected chi connectivity index (χ2v) is 10.1. The molecule has 0 aromatic heterocycles. The molecule has 0 heterocycles. The summed E-state index contributed by atoms with van der Waals surface area (Å²) in [7, 11) is 0. The predicted molar refractivity (Wildman–Crippen MR) is 119 cm³/mol. The molecule has 156 valence electrons. The van der Waals surface area contributed by atoms with Crippen LogP contribution in [-0.2, 0) is 4.74 Å². The van der Waals surface area contributed by atoms with Gasteiger partial charge in [-0.1, -0.05) is 66.2 Å². The van der Waals surface area contributed by atoms with Gasteiger partial charge in [0.05, 0.1) is 12.5 Å². The molecule has 0 atom stereocenters. The standard InChI is InChI=1S/C26H46O/c1-21(2)15-17-25(23-11-7-5-8-12-23)19-27-20-26(18-16-22(3)4)24-13-9-6-10-14-24/h19-24H,5-18H2,1-4H3. The molecule has 1 nitrogen and oxygen atoms in total. The van der Waals surface area contributed by atoms with E-state index in [2.05, 4.69) is 40.2 Å². The maximum absolute atomic E-state index is 6.20. The molecule has 0 aliphatic heterocycles. The molecule has 0 saturated heterocycles. The van der Waals surface area contributed by atoms with Crippen LogP contribution in [-0.4, -0.2) is 0 Å². The lowest BCUT2D eigenvalue weighted by atomic mass is 9.81. The van der Waals surface area contributed by atoms with E-state index in [0.717, 1.165) is 23.7 Å². The highest BCUT2D eigenvalue weighted by Gasteiger charge is 2.20. The van der Waals surface area contributed by atoms with E-state index in [-0.39, 0.29) is 0 Å². The van der Waals surface area contributed by atoms with Crippen LogP contribution in [0.25, 0.3) is 0 Å². The van der Waals surface area contributed by atoms with Gasteiger partial charge < -0.3 is 4.74 Å². The van der Waals surface area contributed by atoms with Gasteiger partial charge in [-0.2, -0.15) is 0 Å². The van der Waals surface area contributed by atoms with Crippen LogP contribution < -0.4 is 0 Å². The normalized spacial score (nSPS) is 21.3. The van der Waals surface area contributed by atoms with E-state index in [9.17, 15) is 0 Å². The highest BCUT2D eigenvalue weighted by Crippen LogP contribution is 2.34. The number of hydrogen-bond donors (Lipinski definition) is 0. The first-order valence-electron chi connectivity index (χ1n) is 12.1. The molecular formula is C26H46O. The van der Waals surface area contributed by atoms with Crippen molar-refractivity contribution in [2.24, 2.45) is 23.7 Å². The van der Waals surface area contributed by atoms with E-state index in [1.165, 1.54) is 89.9 Å². The monoisotopic (exact) mass is 374 g/mol. The molecule has 0 N–H and O–H groups in total. The molecule has 2 aliphatic rings. The number of ether oxygens (including phenoxy) is 1. The van der Waals surface area contributed by atoms with Crippen molar-refractivity contribution in [3.63, 3.8) is 0 Å². The van der Waals surface area contributed by atoms with Gasteiger partial charge >= 0.3 is 0 Å². The third-order valence-electron chi connectivity index (χ3n) is 6.72. The van der Waals surface area contributed by atoms with Crippen molar-refractivity contribution < 1.29 is 4.74 Å². The predicted octanol–water partition coefficient (Wildman–Crippen LogP) is 8.80. The van der Waals surface area contributed by atoms with Crippen LogP contribution in [0.1, 0.15) is 118 Å². The Morgan fingerprint density at radius 3 is 1.37 bits per heavy atom. The van der Waals surface area contributed by atoms with E-state index >= 15 is 0 Å². The largest absolute Gasteiger partial charge is 0.473 e. The van der Waals surface area contributed by atoms with E-state index in [1.54, 1.807) is 11.1 Å². The van der Waals surface area contributed by atoms with Crippen LogP contribution in [0.3, 0.4) is 0 Å². The van der Waals surface area contributed by atoms with Crippen molar-refractivity contribution >= 4 is 0 Å². The zero-order valence-corrected chi connectivity index (χ0v) is 18.8. The van der Waals surface area contributed by atoms with E-state index in [4.69, 9.17) is 4.74 Å². The molecule has 2 fully saturated rings. The Hall–Kier alpha value is -0.720. The summed E-state index contributed by atoms with van der Waals surface area (Å²) < 4.78 is 6.20. The van der Waals surface area contributed by atoms with Gasteiger partial charge in [0.1, 0.15) is 0 Å². The van der Waals surface area contributed by atoms with Crippen LogP contribution in [0.2, 0.25) is 0 Å². The summed E-state index contributed by atoms with van der Waals surface area (Å²) in [6.45, 7) is 9.36. The molecule has 0 unspecified atom stereocenters. The fourth-order valence-corrected chi connectivity index (χ4v) is 4.78. The van der Waals surface area contributed by atoms with Crippen molar-refractivity contribution in [2.45, 2.75) is 118 Å². The van der Waals surface area contributed by atoms with E-state index in [0.29, 0.717) is 0 Å². The Bertz CT molecular complexity index is 403. The van der Waals surface area contributed by atoms with E-state index in [1.807, 2.05) is 0 Å². The molecular weight excluding hydrogens is 328 g/mol. The summed E-state index contributed by atoms with van der Waals surface area (Å²) in [6, 6.07) is 0. The molecule has 2 aliphatic carbocycles. The molecule has 0 bridgehead atoms. The zero-order chi connectivity index (χ0) is 19.5. The Balaban J connectivity index is 2.02. The summed E-state index contributed by atoms with van der Waals surface area (Å²) in [5.74, 6) is 3.10. The average molecular weight is 375 g/mol. The van der Waals surface area contributed by atoms with Gasteiger partial charge in [-0.15, -0.1) is 0 Å². The van der Waals surface area contributed by atoms with Crippen LogP contribution >= 0.6 is 0 Å². The van der Waals surface area contributed by atoms with Crippen molar-refractivity contribution in [1.29, 1.82) is 0 Å². The second kappa shape index (κ2) is 12.7. The first-order chi connectivity index (χ1) is 13.1. The zero-order valence-electron chi connectivity index (χ0n) is 18.8. The molecule has 0 aromatic carbocycles. The van der Waals surface area contributed by atoms with Crippen molar-refractivity contribution in [3.05, 3.63) is 23.7 Å². The number of hydrogen-bond acceptors (Lipinski definition) is 1. The third-order valence-corrected chi connectivity index (χ3v) is 6.72. The molecule has 2 rings (SSSR count). The van der Waals surface area contributed by atoms with Gasteiger partial charge in [0.15, 0.2) is 0 Å². The van der Waals surface area contributed by atoms with Crippen molar-refractivity contribution in [1.82, 2.24) is 0 Å². The second-order valence-electron chi connectivity index (χ2n) is 10.1. The molecule has 0 aromatic rings. The molecule has 0 amide bonds. The minimum Gasteiger partial charge on any atom is -0.473 e. The quantitative estimate of drug-likeness (QED) is 0.347. The van der Waals surface area contributed by atoms with Crippen LogP contribution in [0.4, 0.5) is 0 Å². The fourth-order valence-electron chi connectivity index (χ4n) is 4.78. The summed E-state index contributed by atoms with van der Waals surface area (Å²) in [6.07, 6.45) is 23.3. The minimum absolute atomic E-state index is 0.774. The number of allylic oxidation sites excluding steroid dienone is 2.